The number of hydrogen-bond acceptors (Lipinski definition) is 5. The van der Waals surface area contributed by atoms with Crippen LogP contribution in [0.1, 0.15) is 45.4 Å². The number of aryl methyl sites for hydroxylation is 1. The minimum Gasteiger partial charge on any atom is -0.405 e. The van der Waals surface area contributed by atoms with Gasteiger partial charge in [-0.15, -0.1) is 0 Å². The highest BCUT2D eigenvalue weighted by atomic mass is 28.4. The Morgan fingerprint density at radius 1 is 1.11 bits per heavy atom. The van der Waals surface area contributed by atoms with Gasteiger partial charge in [0.1, 0.15) is 6.23 Å². The Balaban J connectivity index is 1.70. The maximum atomic E-state index is 12.6. The molecule has 1 saturated heterocycles. The number of ether oxygens (including phenoxy) is 1. The highest BCUT2D eigenvalue weighted by Gasteiger charge is 2.51. The predicted octanol–water partition coefficient (Wildman–Crippen LogP) is 4.03. The first-order valence-electron chi connectivity index (χ1n) is 12.9. The van der Waals surface area contributed by atoms with Gasteiger partial charge in [-0.05, 0) is 46.6 Å². The number of H-pyrrole nitrogens is 1. The minimum atomic E-state index is -2.79. The third kappa shape index (κ3) is 5.54. The molecule has 1 aliphatic heterocycles. The fourth-order valence-corrected chi connectivity index (χ4v) is 10.0. The summed E-state index contributed by atoms with van der Waals surface area (Å²) in [6.45, 7) is 8.97. The molecule has 1 fully saturated rings. The van der Waals surface area contributed by atoms with E-state index in [1.165, 1.54) is 14.9 Å². The topological polar surface area (TPSA) is 122 Å². The first kappa shape index (κ1) is 27.6. The molecule has 3 atom stereocenters. The van der Waals surface area contributed by atoms with Crippen LogP contribution in [0, 0.1) is 12.8 Å². The lowest BCUT2D eigenvalue weighted by Gasteiger charge is -2.43. The monoisotopic (exact) mass is 533 g/mol. The largest absolute Gasteiger partial charge is 0.405 e. The van der Waals surface area contributed by atoms with E-state index in [-0.39, 0.29) is 17.1 Å². The van der Waals surface area contributed by atoms with Crippen LogP contribution in [0.4, 0.5) is 0 Å². The summed E-state index contributed by atoms with van der Waals surface area (Å²) in [5.41, 5.74) is 8.33. The molecule has 0 amide bonds. The third-order valence-electron chi connectivity index (χ3n) is 7.36. The number of aromatic amines is 1. The molecule has 9 nitrogen and oxygen atoms in total. The number of nitrogens with zero attached hydrogens (tertiary/aromatic N) is 4. The maximum absolute atomic E-state index is 12.6. The molecule has 0 spiro atoms. The Labute approximate surface area is 223 Å². The third-order valence-corrected chi connectivity index (χ3v) is 12.4. The zero-order chi connectivity index (χ0) is 27.3. The van der Waals surface area contributed by atoms with Gasteiger partial charge in [-0.2, -0.15) is 0 Å². The molecule has 200 valence electrons. The van der Waals surface area contributed by atoms with Gasteiger partial charge in [-0.25, -0.2) is 4.79 Å². The van der Waals surface area contributed by atoms with Crippen molar-refractivity contribution in [2.45, 2.75) is 57.9 Å². The smallest absolute Gasteiger partial charge is 0.330 e. The first-order chi connectivity index (χ1) is 18.2. The van der Waals surface area contributed by atoms with Crippen LogP contribution in [0.3, 0.4) is 0 Å². The van der Waals surface area contributed by atoms with E-state index in [1.807, 2.05) is 36.4 Å². The second kappa shape index (κ2) is 11.5. The average Bonchev–Trinajstić information content (AvgIpc) is 3.30. The standard InChI is InChI=1S/C28H35N5O4Si/c1-20-18-33(27(35)31-26(20)34)25-17-21(15-16-30-32-29)24(37-25)19-36-38(28(2,3)4,22-11-7-5-8-12-22)23-13-9-6-10-14-23/h5-14,18,21,24-25H,15-17,19H2,1-4H3,(H,31,34,35)/t21-,24+,25+/m0/s1. The van der Waals surface area contributed by atoms with Crippen molar-refractivity contribution in [3.63, 3.8) is 0 Å². The van der Waals surface area contributed by atoms with Crippen molar-refractivity contribution in [1.29, 1.82) is 0 Å². The lowest BCUT2D eigenvalue weighted by molar-refractivity contribution is -0.0298. The molecular formula is C28H35N5O4Si. The van der Waals surface area contributed by atoms with Crippen molar-refractivity contribution in [3.8, 4) is 0 Å². The lowest BCUT2D eigenvalue weighted by Crippen LogP contribution is -2.67. The molecular weight excluding hydrogens is 498 g/mol. The number of rotatable bonds is 9. The molecule has 1 aromatic heterocycles. The molecule has 0 bridgehead atoms. The summed E-state index contributed by atoms with van der Waals surface area (Å²) in [5, 5.41) is 5.88. The lowest BCUT2D eigenvalue weighted by atomic mass is 9.97. The van der Waals surface area contributed by atoms with Gasteiger partial charge in [-0.3, -0.25) is 14.3 Å². The SMILES string of the molecule is Cc1cn([C@H]2C[C@H](CCN=[N+]=[N-])[C@@H](CO[Si](c3ccccc3)(c3ccccc3)C(C)(C)C)O2)c(=O)[nH]c1=O. The van der Waals surface area contributed by atoms with Crippen molar-refractivity contribution in [2.24, 2.45) is 11.0 Å². The van der Waals surface area contributed by atoms with Gasteiger partial charge in [0.25, 0.3) is 13.9 Å². The highest BCUT2D eigenvalue weighted by Crippen LogP contribution is 2.39. The molecule has 3 aromatic rings. The average molecular weight is 534 g/mol. The molecule has 4 rings (SSSR count). The fraction of sp³-hybridized carbons (Fsp3) is 0.429. The van der Waals surface area contributed by atoms with Gasteiger partial charge in [0, 0.05) is 23.2 Å². The zero-order valence-corrected chi connectivity index (χ0v) is 23.3. The molecule has 10 heteroatoms. The van der Waals surface area contributed by atoms with E-state index in [4.69, 9.17) is 14.7 Å². The molecule has 0 unspecified atom stereocenters. The van der Waals surface area contributed by atoms with Crippen LogP contribution < -0.4 is 21.6 Å². The molecule has 2 aromatic carbocycles. The Bertz CT molecular complexity index is 1350. The number of benzene rings is 2. The molecule has 2 heterocycles. The molecule has 38 heavy (non-hydrogen) atoms. The van der Waals surface area contributed by atoms with E-state index in [0.717, 1.165) is 0 Å². The Morgan fingerprint density at radius 2 is 1.71 bits per heavy atom. The molecule has 0 aliphatic carbocycles. The van der Waals surface area contributed by atoms with Crippen molar-refractivity contribution in [2.75, 3.05) is 13.2 Å². The van der Waals surface area contributed by atoms with Gasteiger partial charge in [0.15, 0.2) is 0 Å². The van der Waals surface area contributed by atoms with E-state index < -0.39 is 25.8 Å². The van der Waals surface area contributed by atoms with E-state index in [2.05, 4.69) is 60.0 Å². The Kier molecular flexibility index (Phi) is 8.37. The van der Waals surface area contributed by atoms with Crippen molar-refractivity contribution in [3.05, 3.63) is 104 Å². The second-order valence-electron chi connectivity index (χ2n) is 10.8. The fourth-order valence-electron chi connectivity index (χ4n) is 5.47. The summed E-state index contributed by atoms with van der Waals surface area (Å²) in [6, 6.07) is 20.8. The van der Waals surface area contributed by atoms with Gasteiger partial charge < -0.3 is 9.16 Å². The van der Waals surface area contributed by atoms with E-state index in [1.54, 1.807) is 13.1 Å². The number of aromatic nitrogens is 2. The first-order valence-corrected chi connectivity index (χ1v) is 14.8. The van der Waals surface area contributed by atoms with Gasteiger partial charge in [-0.1, -0.05) is 86.5 Å². The quantitative estimate of drug-likeness (QED) is 0.193. The van der Waals surface area contributed by atoms with Gasteiger partial charge in [0.05, 0.1) is 12.7 Å². The number of nitrogens with one attached hydrogen (secondary N) is 1. The Morgan fingerprint density at radius 3 is 2.26 bits per heavy atom. The van der Waals surface area contributed by atoms with Crippen LogP contribution in [-0.2, 0) is 9.16 Å². The normalized spacial score (nSPS) is 19.7. The maximum Gasteiger partial charge on any atom is 0.330 e. The van der Waals surface area contributed by atoms with E-state index in [0.29, 0.717) is 31.6 Å². The van der Waals surface area contributed by atoms with Crippen LogP contribution in [-0.4, -0.2) is 37.1 Å². The highest BCUT2D eigenvalue weighted by molar-refractivity contribution is 6.99. The zero-order valence-electron chi connectivity index (χ0n) is 22.3. The van der Waals surface area contributed by atoms with Crippen molar-refractivity contribution in [1.82, 2.24) is 9.55 Å². The van der Waals surface area contributed by atoms with Crippen molar-refractivity contribution < 1.29 is 9.16 Å². The summed E-state index contributed by atoms with van der Waals surface area (Å²) in [4.78, 5) is 29.8. The van der Waals surface area contributed by atoms with Crippen molar-refractivity contribution >= 4 is 18.7 Å². The summed E-state index contributed by atoms with van der Waals surface area (Å²) in [5.74, 6) is 0.00264. The van der Waals surface area contributed by atoms with Gasteiger partial charge >= 0.3 is 5.69 Å². The van der Waals surface area contributed by atoms with Crippen LogP contribution in [0.5, 0.6) is 0 Å². The van der Waals surface area contributed by atoms with Crippen LogP contribution in [0.15, 0.2) is 81.6 Å². The number of azide groups is 1. The second-order valence-corrected chi connectivity index (χ2v) is 15.1. The summed E-state index contributed by atoms with van der Waals surface area (Å²) in [6.07, 6.45) is 1.81. The predicted molar refractivity (Wildman–Crippen MR) is 150 cm³/mol. The molecule has 1 N–H and O–H groups in total. The minimum absolute atomic E-state index is 0.00264. The van der Waals surface area contributed by atoms with Crippen LogP contribution >= 0.6 is 0 Å². The van der Waals surface area contributed by atoms with Gasteiger partial charge in [0.2, 0.25) is 0 Å². The summed E-state index contributed by atoms with van der Waals surface area (Å²) in [7, 11) is -2.79. The number of hydrogen-bond donors (Lipinski definition) is 1. The van der Waals surface area contributed by atoms with E-state index in [9.17, 15) is 9.59 Å². The molecule has 1 aliphatic rings. The van der Waals surface area contributed by atoms with Crippen LogP contribution in [0.2, 0.25) is 5.04 Å². The van der Waals surface area contributed by atoms with Crippen LogP contribution in [0.25, 0.3) is 10.4 Å². The summed E-state index contributed by atoms with van der Waals surface area (Å²) < 4.78 is 15.0. The molecule has 0 saturated carbocycles. The van der Waals surface area contributed by atoms with E-state index >= 15 is 0 Å². The Hall–Kier alpha value is -3.43. The summed E-state index contributed by atoms with van der Waals surface area (Å²) >= 11 is 0. The molecule has 0 radical (unpaired) electrons.